The van der Waals surface area contributed by atoms with Crippen LogP contribution in [-0.2, 0) is 16.1 Å². The minimum absolute atomic E-state index is 0. The van der Waals surface area contributed by atoms with Crippen LogP contribution in [0.2, 0.25) is 0 Å². The number of benzene rings is 1. The molecule has 2 aliphatic rings. The Bertz CT molecular complexity index is 734. The third kappa shape index (κ3) is 4.15. The number of anilines is 1. The van der Waals surface area contributed by atoms with E-state index < -0.39 is 5.54 Å². The first-order valence-electron chi connectivity index (χ1n) is 9.68. The van der Waals surface area contributed by atoms with Crippen molar-refractivity contribution >= 4 is 35.9 Å². The fourth-order valence-electron chi connectivity index (χ4n) is 4.06. The van der Waals surface area contributed by atoms with Crippen LogP contribution in [0.4, 0.5) is 10.5 Å². The SMILES string of the molecule is CCNCc1ccccc1NC(=O)CN1C(=O)N(C)C2(CCCCC2)C1=O.Cl. The average molecular weight is 409 g/mol. The van der Waals surface area contributed by atoms with Crippen LogP contribution in [0.25, 0.3) is 0 Å². The number of imide groups is 1. The summed E-state index contributed by atoms with van der Waals surface area (Å²) in [6.07, 6.45) is 4.30. The van der Waals surface area contributed by atoms with Crippen molar-refractivity contribution in [1.82, 2.24) is 15.1 Å². The molecule has 1 heterocycles. The summed E-state index contributed by atoms with van der Waals surface area (Å²) < 4.78 is 0. The monoisotopic (exact) mass is 408 g/mol. The van der Waals surface area contributed by atoms with Crippen molar-refractivity contribution in [3.05, 3.63) is 29.8 Å². The Morgan fingerprint density at radius 3 is 2.50 bits per heavy atom. The number of likely N-dealkylation sites (N-methyl/N-ethyl adjacent to an activating group) is 1. The fourth-order valence-corrected chi connectivity index (χ4v) is 4.06. The predicted molar refractivity (Wildman–Crippen MR) is 110 cm³/mol. The van der Waals surface area contributed by atoms with Gasteiger partial charge in [0.05, 0.1) is 0 Å². The zero-order valence-corrected chi connectivity index (χ0v) is 17.3. The lowest BCUT2D eigenvalue weighted by Crippen LogP contribution is -2.49. The number of nitrogens with zero attached hydrogens (tertiary/aromatic N) is 2. The summed E-state index contributed by atoms with van der Waals surface area (Å²) in [5.41, 5.74) is 0.911. The Kier molecular flexibility index (Phi) is 7.43. The molecule has 8 heteroatoms. The molecule has 3 rings (SSSR count). The zero-order valence-electron chi connectivity index (χ0n) is 16.5. The average Bonchev–Trinajstić information content (AvgIpc) is 2.84. The summed E-state index contributed by atoms with van der Waals surface area (Å²) in [4.78, 5) is 40.8. The third-order valence-corrected chi connectivity index (χ3v) is 5.64. The third-order valence-electron chi connectivity index (χ3n) is 5.64. The maximum absolute atomic E-state index is 13.0. The number of carbonyl (C=O) groups excluding carboxylic acids is 3. The molecule has 0 radical (unpaired) electrons. The highest BCUT2D eigenvalue weighted by molar-refractivity contribution is 6.10. The van der Waals surface area contributed by atoms with E-state index in [9.17, 15) is 14.4 Å². The summed E-state index contributed by atoms with van der Waals surface area (Å²) in [7, 11) is 1.68. The maximum Gasteiger partial charge on any atom is 0.327 e. The number of amides is 4. The van der Waals surface area contributed by atoms with Crippen LogP contribution >= 0.6 is 12.4 Å². The van der Waals surface area contributed by atoms with E-state index in [0.29, 0.717) is 25.1 Å². The van der Waals surface area contributed by atoms with Crippen LogP contribution in [0, 0.1) is 0 Å². The summed E-state index contributed by atoms with van der Waals surface area (Å²) in [6.45, 7) is 3.23. The second-order valence-corrected chi connectivity index (χ2v) is 7.31. The van der Waals surface area contributed by atoms with Crippen LogP contribution in [0.5, 0.6) is 0 Å². The molecule has 28 heavy (non-hydrogen) atoms. The second-order valence-electron chi connectivity index (χ2n) is 7.31. The molecular weight excluding hydrogens is 380 g/mol. The van der Waals surface area contributed by atoms with Gasteiger partial charge in [-0.05, 0) is 31.0 Å². The molecule has 1 aliphatic carbocycles. The van der Waals surface area contributed by atoms with Gasteiger partial charge in [0.2, 0.25) is 5.91 Å². The van der Waals surface area contributed by atoms with Crippen LogP contribution in [0.15, 0.2) is 24.3 Å². The molecule has 1 saturated heterocycles. The van der Waals surface area contributed by atoms with Gasteiger partial charge in [-0.1, -0.05) is 44.4 Å². The van der Waals surface area contributed by atoms with E-state index in [-0.39, 0.29) is 36.8 Å². The van der Waals surface area contributed by atoms with Gasteiger partial charge in [0, 0.05) is 19.3 Å². The van der Waals surface area contributed by atoms with Crippen LogP contribution in [-0.4, -0.2) is 53.3 Å². The molecule has 0 atom stereocenters. The van der Waals surface area contributed by atoms with E-state index in [1.165, 1.54) is 0 Å². The molecular formula is C20H29ClN4O3. The Morgan fingerprint density at radius 2 is 1.82 bits per heavy atom. The topological polar surface area (TPSA) is 81.8 Å². The molecule has 2 fully saturated rings. The molecule has 1 aromatic rings. The molecule has 1 spiro atoms. The Hall–Kier alpha value is -2.12. The highest BCUT2D eigenvalue weighted by Gasteiger charge is 2.55. The number of hydrogen-bond acceptors (Lipinski definition) is 4. The van der Waals surface area contributed by atoms with Crippen molar-refractivity contribution in [2.75, 3.05) is 25.5 Å². The van der Waals surface area contributed by atoms with Gasteiger partial charge in [0.1, 0.15) is 12.1 Å². The van der Waals surface area contributed by atoms with Gasteiger partial charge in [-0.2, -0.15) is 0 Å². The first-order chi connectivity index (χ1) is 13.0. The van der Waals surface area contributed by atoms with E-state index in [4.69, 9.17) is 0 Å². The molecule has 0 aromatic heterocycles. The van der Waals surface area contributed by atoms with Gasteiger partial charge in [0.15, 0.2) is 0 Å². The zero-order chi connectivity index (χ0) is 19.4. The van der Waals surface area contributed by atoms with Crippen molar-refractivity contribution in [2.45, 2.75) is 51.1 Å². The highest BCUT2D eigenvalue weighted by Crippen LogP contribution is 2.39. The Morgan fingerprint density at radius 1 is 1.14 bits per heavy atom. The molecule has 2 N–H and O–H groups in total. The molecule has 0 bridgehead atoms. The van der Waals surface area contributed by atoms with Crippen LogP contribution < -0.4 is 10.6 Å². The summed E-state index contributed by atoms with van der Waals surface area (Å²) in [5, 5.41) is 6.08. The smallest absolute Gasteiger partial charge is 0.324 e. The van der Waals surface area contributed by atoms with E-state index in [2.05, 4.69) is 10.6 Å². The van der Waals surface area contributed by atoms with Crippen molar-refractivity contribution in [1.29, 1.82) is 0 Å². The number of hydrogen-bond donors (Lipinski definition) is 2. The number of para-hydroxylation sites is 1. The van der Waals surface area contributed by atoms with Crippen molar-refractivity contribution in [3.63, 3.8) is 0 Å². The van der Waals surface area contributed by atoms with Gasteiger partial charge in [-0.3, -0.25) is 14.5 Å². The van der Waals surface area contributed by atoms with Gasteiger partial charge >= 0.3 is 6.03 Å². The lowest BCUT2D eigenvalue weighted by atomic mass is 9.81. The molecule has 1 saturated carbocycles. The second kappa shape index (κ2) is 9.39. The lowest BCUT2D eigenvalue weighted by Gasteiger charge is -2.35. The highest BCUT2D eigenvalue weighted by atomic mass is 35.5. The Labute approximate surface area is 172 Å². The lowest BCUT2D eigenvalue weighted by molar-refractivity contribution is -0.136. The summed E-state index contributed by atoms with van der Waals surface area (Å²) in [6, 6.07) is 7.15. The molecule has 4 amide bonds. The first-order valence-corrected chi connectivity index (χ1v) is 9.68. The molecule has 0 unspecified atom stereocenters. The Balaban J connectivity index is 0.00000280. The minimum Gasteiger partial charge on any atom is -0.324 e. The van der Waals surface area contributed by atoms with E-state index in [1.807, 2.05) is 31.2 Å². The van der Waals surface area contributed by atoms with Crippen molar-refractivity contribution in [2.24, 2.45) is 0 Å². The number of nitrogens with one attached hydrogen (secondary N) is 2. The van der Waals surface area contributed by atoms with Crippen LogP contribution in [0.1, 0.15) is 44.6 Å². The van der Waals surface area contributed by atoms with E-state index in [1.54, 1.807) is 11.9 Å². The standard InChI is InChI=1S/C20H28N4O3.ClH/c1-3-21-13-15-9-5-6-10-16(15)22-17(25)14-24-18(26)20(23(2)19(24)27)11-7-4-8-12-20;/h5-6,9-10,21H,3-4,7-8,11-14H2,1-2H3,(H,22,25);1H. The van der Waals surface area contributed by atoms with Crippen LogP contribution in [0.3, 0.4) is 0 Å². The maximum atomic E-state index is 13.0. The number of rotatable bonds is 6. The molecule has 154 valence electrons. The predicted octanol–water partition coefficient (Wildman–Crippen LogP) is 2.75. The largest absolute Gasteiger partial charge is 0.327 e. The first kappa shape index (κ1) is 22.2. The summed E-state index contributed by atoms with van der Waals surface area (Å²) >= 11 is 0. The van der Waals surface area contributed by atoms with Gasteiger partial charge in [-0.25, -0.2) is 4.79 Å². The number of halogens is 1. The normalized spacial score (nSPS) is 18.4. The van der Waals surface area contributed by atoms with Gasteiger partial charge in [0.25, 0.3) is 5.91 Å². The molecule has 7 nitrogen and oxygen atoms in total. The van der Waals surface area contributed by atoms with E-state index >= 15 is 0 Å². The van der Waals surface area contributed by atoms with Crippen molar-refractivity contribution < 1.29 is 14.4 Å². The van der Waals surface area contributed by atoms with Gasteiger partial charge < -0.3 is 15.5 Å². The van der Waals surface area contributed by atoms with Crippen molar-refractivity contribution in [3.8, 4) is 0 Å². The summed E-state index contributed by atoms with van der Waals surface area (Å²) in [5.74, 6) is -0.590. The number of urea groups is 1. The number of carbonyl (C=O) groups is 3. The molecule has 1 aromatic carbocycles. The quantitative estimate of drug-likeness (QED) is 0.709. The minimum atomic E-state index is -0.751. The van der Waals surface area contributed by atoms with E-state index in [0.717, 1.165) is 36.3 Å². The molecule has 1 aliphatic heterocycles. The van der Waals surface area contributed by atoms with Gasteiger partial charge in [-0.15, -0.1) is 12.4 Å². The fraction of sp³-hybridized carbons (Fsp3) is 0.550.